The van der Waals surface area contributed by atoms with Gasteiger partial charge in [-0.1, -0.05) is 31.7 Å². The number of fused-ring (bicyclic) bond motifs is 4. The summed E-state index contributed by atoms with van der Waals surface area (Å²) in [6, 6.07) is 8.15. The fourth-order valence-corrected chi connectivity index (χ4v) is 5.83. The molecule has 0 unspecified atom stereocenters. The van der Waals surface area contributed by atoms with Crippen LogP contribution in [0.4, 0.5) is 0 Å². The molecule has 2 aliphatic carbocycles. The van der Waals surface area contributed by atoms with Gasteiger partial charge in [-0.05, 0) is 75.1 Å². The van der Waals surface area contributed by atoms with Gasteiger partial charge in [0, 0.05) is 13.1 Å². The Morgan fingerprint density at radius 3 is 1.37 bits per heavy atom. The highest BCUT2D eigenvalue weighted by atomic mass is 15.3. The molecule has 3 aliphatic rings. The molecule has 1 aromatic heterocycles. The minimum absolute atomic E-state index is 0.428. The molecule has 5 nitrogen and oxygen atoms in total. The van der Waals surface area contributed by atoms with Crippen LogP contribution in [-0.4, -0.2) is 61.8 Å². The van der Waals surface area contributed by atoms with E-state index in [2.05, 4.69) is 66.0 Å². The summed E-state index contributed by atoms with van der Waals surface area (Å²) >= 11 is 0. The summed E-state index contributed by atoms with van der Waals surface area (Å²) in [7, 11) is 17.8. The van der Waals surface area contributed by atoms with Crippen LogP contribution in [0.15, 0.2) is 18.2 Å². The zero-order valence-electron chi connectivity index (χ0n) is 18.6. The molecule has 1 aliphatic heterocycles. The normalized spacial score (nSPS) is 33.9. The Labute approximate surface area is 184 Å². The van der Waals surface area contributed by atoms with Gasteiger partial charge in [0.15, 0.2) is 0 Å². The third kappa shape index (κ3) is 5.07. The van der Waals surface area contributed by atoms with E-state index in [1.165, 1.54) is 51.4 Å². The highest BCUT2D eigenvalue weighted by Gasteiger charge is 2.29. The second-order valence-corrected chi connectivity index (χ2v) is 9.58. The lowest BCUT2D eigenvalue weighted by Crippen LogP contribution is -2.53. The van der Waals surface area contributed by atoms with E-state index < -0.39 is 0 Å². The van der Waals surface area contributed by atoms with E-state index >= 15 is 0 Å². The van der Waals surface area contributed by atoms with Crippen molar-refractivity contribution in [3.8, 4) is 0 Å². The Bertz CT molecular complexity index is 626. The molecule has 1 aromatic rings. The van der Waals surface area contributed by atoms with Crippen LogP contribution < -0.4 is 0 Å². The molecule has 0 aromatic carbocycles. The zero-order chi connectivity index (χ0) is 21.1. The van der Waals surface area contributed by atoms with Crippen molar-refractivity contribution in [1.29, 1.82) is 0 Å². The molecule has 0 radical (unpaired) electrons. The summed E-state index contributed by atoms with van der Waals surface area (Å²) in [5.74, 6) is 0. The number of aromatic nitrogens is 1. The SMILES string of the molecule is [CH2-]N1CCN([CH2-])[C@H]2CCCC[C@@H]2N([CH2-])Cc2cccc(n2)CN([CH2-])[C@H]2CCCC[C@@H]21. The van der Waals surface area contributed by atoms with Crippen molar-refractivity contribution in [2.24, 2.45) is 0 Å². The quantitative estimate of drug-likeness (QED) is 0.601. The maximum Gasteiger partial charge on any atom is 0.0523 e. The van der Waals surface area contributed by atoms with E-state index in [4.69, 9.17) is 4.98 Å². The average molecular weight is 410 g/mol. The number of hydrogen-bond acceptors (Lipinski definition) is 5. The predicted octanol–water partition coefficient (Wildman–Crippen LogP) is 4.09. The molecule has 2 bridgehead atoms. The molecule has 0 saturated heterocycles. The Hall–Kier alpha value is -1.01. The fraction of sp³-hybridized carbons (Fsp3) is 0.640. The molecule has 0 N–H and O–H groups in total. The molecule has 2 saturated carbocycles. The van der Waals surface area contributed by atoms with Gasteiger partial charge in [-0.25, -0.2) is 0 Å². The molecular formula is C25H39N5-4. The van der Waals surface area contributed by atoms with Crippen LogP contribution in [0.2, 0.25) is 0 Å². The smallest absolute Gasteiger partial charge is 0.0523 e. The third-order valence-electron chi connectivity index (χ3n) is 7.53. The molecule has 168 valence electrons. The van der Waals surface area contributed by atoms with E-state index in [1.807, 2.05) is 0 Å². The second kappa shape index (κ2) is 10.1. The molecular weight excluding hydrogens is 370 g/mol. The average Bonchev–Trinajstić information content (AvgIpc) is 2.77. The monoisotopic (exact) mass is 409 g/mol. The van der Waals surface area contributed by atoms with Crippen LogP contribution in [-0.2, 0) is 13.1 Å². The first kappa shape index (κ1) is 22.2. The van der Waals surface area contributed by atoms with Crippen molar-refractivity contribution in [2.45, 2.75) is 88.6 Å². The van der Waals surface area contributed by atoms with E-state index in [0.717, 1.165) is 37.6 Å². The molecule has 30 heavy (non-hydrogen) atoms. The highest BCUT2D eigenvalue weighted by Crippen LogP contribution is 2.30. The summed E-state index contributed by atoms with van der Waals surface area (Å²) in [5, 5.41) is 0. The molecule has 0 amide bonds. The van der Waals surface area contributed by atoms with Crippen LogP contribution in [0.5, 0.6) is 0 Å². The number of hydrogen-bond donors (Lipinski definition) is 0. The van der Waals surface area contributed by atoms with Crippen molar-refractivity contribution in [2.75, 3.05) is 13.1 Å². The summed E-state index contributed by atoms with van der Waals surface area (Å²) in [6.07, 6.45) is 9.88. The van der Waals surface area contributed by atoms with Gasteiger partial charge < -0.3 is 19.6 Å². The molecule has 4 atom stereocenters. The highest BCUT2D eigenvalue weighted by molar-refractivity contribution is 5.12. The fourth-order valence-electron chi connectivity index (χ4n) is 5.83. The van der Waals surface area contributed by atoms with Gasteiger partial charge in [-0.2, -0.15) is 0 Å². The van der Waals surface area contributed by atoms with E-state index in [9.17, 15) is 0 Å². The first-order chi connectivity index (χ1) is 14.5. The number of rotatable bonds is 0. The Kier molecular flexibility index (Phi) is 7.45. The molecule has 5 heteroatoms. The Balaban J connectivity index is 1.61. The van der Waals surface area contributed by atoms with Crippen LogP contribution in [0.25, 0.3) is 0 Å². The van der Waals surface area contributed by atoms with Crippen molar-refractivity contribution < 1.29 is 0 Å². The van der Waals surface area contributed by atoms with E-state index in [-0.39, 0.29) is 0 Å². The maximum absolute atomic E-state index is 4.98. The summed E-state index contributed by atoms with van der Waals surface area (Å²) in [5.41, 5.74) is 2.20. The van der Waals surface area contributed by atoms with Crippen molar-refractivity contribution in [3.63, 3.8) is 0 Å². The molecule has 0 spiro atoms. The maximum atomic E-state index is 4.98. The van der Waals surface area contributed by atoms with Gasteiger partial charge in [0.05, 0.1) is 11.4 Å². The van der Waals surface area contributed by atoms with Gasteiger partial charge >= 0.3 is 0 Å². The van der Waals surface area contributed by atoms with Gasteiger partial charge in [-0.15, -0.1) is 0 Å². The predicted molar refractivity (Wildman–Crippen MR) is 122 cm³/mol. The Morgan fingerprint density at radius 1 is 0.600 bits per heavy atom. The summed E-state index contributed by atoms with van der Waals surface area (Å²) < 4.78 is 0. The van der Waals surface area contributed by atoms with Crippen molar-refractivity contribution >= 4 is 0 Å². The van der Waals surface area contributed by atoms with E-state index in [1.54, 1.807) is 0 Å². The summed E-state index contributed by atoms with van der Waals surface area (Å²) in [4.78, 5) is 14.1. The van der Waals surface area contributed by atoms with Crippen LogP contribution >= 0.6 is 0 Å². The van der Waals surface area contributed by atoms with Crippen LogP contribution in [0.1, 0.15) is 62.8 Å². The molecule has 4 rings (SSSR count). The largest absolute Gasteiger partial charge is 0.454 e. The molecule has 2 heterocycles. The second-order valence-electron chi connectivity index (χ2n) is 9.58. The van der Waals surface area contributed by atoms with E-state index in [0.29, 0.717) is 24.2 Å². The number of pyridine rings is 1. The lowest BCUT2D eigenvalue weighted by Gasteiger charge is -2.52. The van der Waals surface area contributed by atoms with Gasteiger partial charge in [0.25, 0.3) is 0 Å². The van der Waals surface area contributed by atoms with Crippen molar-refractivity contribution in [3.05, 3.63) is 57.8 Å². The minimum atomic E-state index is 0.428. The lowest BCUT2D eigenvalue weighted by atomic mass is 9.87. The van der Waals surface area contributed by atoms with Gasteiger partial charge in [0.1, 0.15) is 0 Å². The third-order valence-corrected chi connectivity index (χ3v) is 7.53. The standard InChI is InChI=1S/C25H39N5/c1-27-16-17-28(2)23-13-6-8-15-25(23)30(4)19-21-11-9-10-20(26-21)18-29(3)24-14-7-5-12-22(24)27/h9-11,22-25H,1-8,12-19H2/q-4/t22-,23-,24-,25-/m0/s1. The topological polar surface area (TPSA) is 25.9 Å². The van der Waals surface area contributed by atoms with Crippen LogP contribution in [0.3, 0.4) is 0 Å². The van der Waals surface area contributed by atoms with Crippen LogP contribution in [0, 0.1) is 28.2 Å². The Morgan fingerprint density at radius 2 is 0.967 bits per heavy atom. The zero-order valence-corrected chi connectivity index (χ0v) is 18.6. The number of nitrogens with zero attached hydrogens (tertiary/aromatic N) is 5. The first-order valence-corrected chi connectivity index (χ1v) is 11.8. The van der Waals surface area contributed by atoms with Crippen molar-refractivity contribution in [1.82, 2.24) is 24.6 Å². The molecule has 2 fully saturated rings. The lowest BCUT2D eigenvalue weighted by molar-refractivity contribution is 0.0683. The van der Waals surface area contributed by atoms with Gasteiger partial charge in [-0.3, -0.25) is 33.2 Å². The van der Waals surface area contributed by atoms with Gasteiger partial charge in [0.2, 0.25) is 0 Å². The minimum Gasteiger partial charge on any atom is -0.454 e. The summed E-state index contributed by atoms with van der Waals surface area (Å²) in [6.45, 7) is 3.47. The first-order valence-electron chi connectivity index (χ1n) is 11.8.